The van der Waals surface area contributed by atoms with E-state index >= 15 is 0 Å². The molecule has 0 aromatic carbocycles. The number of hydrogen-bond acceptors (Lipinski definition) is 0. The zero-order chi connectivity index (χ0) is 18.3. The Morgan fingerprint density at radius 2 is 0.739 bits per heavy atom. The fourth-order valence-corrected chi connectivity index (χ4v) is 2.39. The van der Waals surface area contributed by atoms with Crippen molar-refractivity contribution >= 4 is 20.4 Å². The molecular weight excluding hydrogens is 357 g/mol. The van der Waals surface area contributed by atoms with Gasteiger partial charge in [-0.3, -0.25) is 0 Å². The van der Waals surface area contributed by atoms with Crippen LogP contribution in [-0.4, -0.2) is 5.75 Å². The van der Waals surface area contributed by atoms with Crippen LogP contribution in [0.25, 0.3) is 0 Å². The van der Waals surface area contributed by atoms with Gasteiger partial charge in [-0.1, -0.05) is 77.6 Å². The summed E-state index contributed by atoms with van der Waals surface area (Å²) in [4.78, 5) is 0. The Labute approximate surface area is 142 Å². The van der Waals surface area contributed by atoms with Crippen molar-refractivity contribution in [3.8, 4) is 0 Å². The van der Waals surface area contributed by atoms with Gasteiger partial charge in [0.25, 0.3) is 0 Å². The van der Waals surface area contributed by atoms with Gasteiger partial charge in [-0.15, -0.1) is 0 Å². The van der Waals surface area contributed by atoms with Crippen molar-refractivity contribution in [3.05, 3.63) is 0 Å². The summed E-state index contributed by atoms with van der Waals surface area (Å²) in [5, 5.41) is 0. The fraction of sp³-hybridized carbons (Fsp3) is 1.00. The van der Waals surface area contributed by atoms with Crippen molar-refractivity contribution in [2.75, 3.05) is 5.75 Å². The third kappa shape index (κ3) is 51.9. The van der Waals surface area contributed by atoms with E-state index in [-0.39, 0.29) is 0 Å². The molecule has 0 heterocycles. The second-order valence-electron chi connectivity index (χ2n) is 5.95. The van der Waals surface area contributed by atoms with Gasteiger partial charge < -0.3 is 0 Å². The van der Waals surface area contributed by atoms with E-state index in [4.69, 9.17) is 0 Å². The van der Waals surface area contributed by atoms with Crippen LogP contribution in [0, 0.1) is 0 Å². The monoisotopic (exact) mass is 390 g/mol. The van der Waals surface area contributed by atoms with Crippen LogP contribution in [0.15, 0.2) is 0 Å². The maximum absolute atomic E-state index is 10.7. The van der Waals surface area contributed by atoms with Gasteiger partial charge in [0.15, 0.2) is 0 Å². The Bertz CT molecular complexity index is 239. The maximum atomic E-state index is 9.87. The van der Waals surface area contributed by atoms with Crippen LogP contribution < -0.4 is 0 Å². The van der Waals surface area contributed by atoms with Gasteiger partial charge in [0.2, 0.25) is 0 Å². The van der Waals surface area contributed by atoms with Gasteiger partial charge in [-0.25, -0.2) is 0 Å². The van der Waals surface area contributed by atoms with Crippen molar-refractivity contribution in [2.45, 2.75) is 90.4 Å². The summed E-state index contributed by atoms with van der Waals surface area (Å²) in [6, 6.07) is 0. The molecular formula is C15H33F6PS. The van der Waals surface area contributed by atoms with Crippen molar-refractivity contribution < 1.29 is 25.2 Å². The van der Waals surface area contributed by atoms with E-state index in [9.17, 15) is 25.2 Å². The van der Waals surface area contributed by atoms with Gasteiger partial charge in [0, 0.05) is 0 Å². The SMILES string of the molecule is CCCCCCCCCCCCCCC[SH2+].F[P-](F)(F)(F)(F)F. The fourth-order valence-electron chi connectivity index (χ4n) is 2.14. The zero-order valence-corrected chi connectivity index (χ0v) is 16.0. The van der Waals surface area contributed by atoms with Crippen LogP contribution in [0.2, 0.25) is 0 Å². The second kappa shape index (κ2) is 11.8. The van der Waals surface area contributed by atoms with Crippen LogP contribution in [0.4, 0.5) is 25.2 Å². The molecule has 0 radical (unpaired) electrons. The summed E-state index contributed by atoms with van der Waals surface area (Å²) in [7, 11) is -10.7. The summed E-state index contributed by atoms with van der Waals surface area (Å²) in [6.45, 7) is 2.29. The van der Waals surface area contributed by atoms with E-state index in [0.29, 0.717) is 0 Å². The summed E-state index contributed by atoms with van der Waals surface area (Å²) in [5.74, 6) is 1.18. The summed E-state index contributed by atoms with van der Waals surface area (Å²) in [5.41, 5.74) is 0. The predicted octanol–water partition coefficient (Wildman–Crippen LogP) is 8.47. The first-order valence-corrected chi connectivity index (χ1v) is 11.3. The molecule has 8 heteroatoms. The molecule has 0 saturated carbocycles. The molecule has 146 valence electrons. The second-order valence-corrected chi connectivity index (χ2v) is 8.37. The zero-order valence-electron chi connectivity index (χ0n) is 14.1. The Hall–Kier alpha value is 0.360. The number of rotatable bonds is 13. The molecule has 0 aliphatic heterocycles. The molecule has 23 heavy (non-hydrogen) atoms. The molecule has 0 saturated heterocycles. The first-order valence-electron chi connectivity index (χ1n) is 8.57. The first kappa shape index (κ1) is 25.6. The average Bonchev–Trinajstić information content (AvgIpc) is 2.36. The van der Waals surface area contributed by atoms with Crippen molar-refractivity contribution in [3.63, 3.8) is 0 Å². The molecule has 0 aromatic rings. The van der Waals surface area contributed by atoms with Crippen molar-refractivity contribution in [1.82, 2.24) is 0 Å². The standard InChI is InChI=1S/C15H32S.F6P/c1-2-3-4-5-6-7-8-9-10-11-12-13-14-15-16;1-7(2,3,4,5)6/h16H,2-15H2,1H3;/q;-1/p+1. The quantitative estimate of drug-likeness (QED) is 0.128. The normalized spacial score (nSPS) is 14.6. The topological polar surface area (TPSA) is 0 Å². The van der Waals surface area contributed by atoms with E-state index in [2.05, 4.69) is 19.6 Å². The molecule has 0 amide bonds. The first-order chi connectivity index (χ1) is 10.4. The van der Waals surface area contributed by atoms with Crippen LogP contribution in [-0.2, 0) is 12.6 Å². The van der Waals surface area contributed by atoms with E-state index in [0.717, 1.165) is 0 Å². The van der Waals surface area contributed by atoms with Crippen molar-refractivity contribution in [1.29, 1.82) is 0 Å². The molecule has 0 bridgehead atoms. The van der Waals surface area contributed by atoms with Crippen LogP contribution >= 0.6 is 7.81 Å². The van der Waals surface area contributed by atoms with Crippen LogP contribution in [0.1, 0.15) is 90.4 Å². The molecule has 0 nitrogen and oxygen atoms in total. The van der Waals surface area contributed by atoms with Gasteiger partial charge in [0.05, 0.1) is 0 Å². The summed E-state index contributed by atoms with van der Waals surface area (Å²) in [6.07, 6.45) is 18.8. The number of halogens is 6. The van der Waals surface area contributed by atoms with E-state index < -0.39 is 7.81 Å². The third-order valence-electron chi connectivity index (χ3n) is 3.28. The minimum atomic E-state index is -10.7. The molecule has 0 fully saturated rings. The molecule has 0 N–H and O–H groups in total. The molecule has 0 unspecified atom stereocenters. The summed E-state index contributed by atoms with van der Waals surface area (Å²) >= 11 is 3.52. The van der Waals surface area contributed by atoms with Crippen LogP contribution in [0.3, 0.4) is 0 Å². The Kier molecular flexibility index (Phi) is 13.2. The molecule has 0 rings (SSSR count). The number of hydrogen-bond donors (Lipinski definition) is 0. The van der Waals surface area contributed by atoms with E-state index in [1.165, 1.54) is 89.2 Å². The van der Waals surface area contributed by atoms with Gasteiger partial charge in [0.1, 0.15) is 5.75 Å². The van der Waals surface area contributed by atoms with E-state index in [1.54, 1.807) is 0 Å². The Balaban J connectivity index is 0. The van der Waals surface area contributed by atoms with Gasteiger partial charge in [-0.05, 0) is 25.5 Å². The number of unbranched alkanes of at least 4 members (excludes halogenated alkanes) is 12. The third-order valence-corrected chi connectivity index (χ3v) is 3.63. The van der Waals surface area contributed by atoms with Crippen LogP contribution in [0.5, 0.6) is 0 Å². The summed E-state index contributed by atoms with van der Waals surface area (Å²) < 4.78 is 59.2. The Morgan fingerprint density at radius 1 is 0.522 bits per heavy atom. The Morgan fingerprint density at radius 3 is 0.957 bits per heavy atom. The molecule has 0 spiro atoms. The van der Waals surface area contributed by atoms with Gasteiger partial charge in [-0.2, -0.15) is 0 Å². The van der Waals surface area contributed by atoms with Gasteiger partial charge >= 0.3 is 33.0 Å². The molecule has 0 aliphatic carbocycles. The van der Waals surface area contributed by atoms with E-state index in [1.807, 2.05) is 0 Å². The average molecular weight is 390 g/mol. The molecule has 0 aromatic heterocycles. The van der Waals surface area contributed by atoms with Crippen molar-refractivity contribution in [2.24, 2.45) is 0 Å². The predicted molar refractivity (Wildman–Crippen MR) is 94.3 cm³/mol. The molecule has 0 atom stereocenters. The molecule has 0 aliphatic rings. The minimum absolute atomic E-state index is 1.18.